The van der Waals surface area contributed by atoms with E-state index in [4.69, 9.17) is 4.74 Å². The Kier molecular flexibility index (Phi) is 50.1. The quantitative estimate of drug-likeness (QED) is 0.0245. The van der Waals surface area contributed by atoms with Gasteiger partial charge in [0.2, 0.25) is 5.91 Å². The highest BCUT2D eigenvalue weighted by atomic mass is 16.5. The van der Waals surface area contributed by atoms with E-state index in [9.17, 15) is 19.8 Å². The van der Waals surface area contributed by atoms with Crippen LogP contribution in [0.2, 0.25) is 0 Å². The fourth-order valence-corrected chi connectivity index (χ4v) is 8.05. The molecule has 0 aromatic heterocycles. The third kappa shape index (κ3) is 47.6. The van der Waals surface area contributed by atoms with Crippen molar-refractivity contribution >= 4 is 11.9 Å². The van der Waals surface area contributed by atoms with Gasteiger partial charge in [-0.05, 0) is 96.3 Å². The first-order chi connectivity index (χ1) is 32.0. The molecule has 0 rings (SSSR count). The van der Waals surface area contributed by atoms with Crippen molar-refractivity contribution in [2.75, 3.05) is 6.61 Å². The lowest BCUT2D eigenvalue weighted by Crippen LogP contribution is -2.46. The average Bonchev–Trinajstić information content (AvgIpc) is 3.30. The van der Waals surface area contributed by atoms with Gasteiger partial charge in [0.1, 0.15) is 6.10 Å². The van der Waals surface area contributed by atoms with Crippen molar-refractivity contribution in [1.29, 1.82) is 0 Å². The summed E-state index contributed by atoms with van der Waals surface area (Å²) in [5.74, 6) is -0.535. The normalized spacial score (nSPS) is 13.7. The van der Waals surface area contributed by atoms with Crippen molar-refractivity contribution in [1.82, 2.24) is 5.32 Å². The number of hydrogen-bond donors (Lipinski definition) is 3. The minimum absolute atomic E-state index is 0.0446. The molecule has 1 amide bonds. The molecule has 0 heterocycles. The first-order valence-corrected chi connectivity index (χ1v) is 27.7. The molecular formula is C59H105NO5. The predicted octanol–water partition coefficient (Wildman–Crippen LogP) is 17.0. The van der Waals surface area contributed by atoms with Gasteiger partial charge in [0.15, 0.2) is 0 Å². The molecular weight excluding hydrogens is 803 g/mol. The number of nitrogens with one attached hydrogen (secondary N) is 1. The van der Waals surface area contributed by atoms with Gasteiger partial charge in [-0.2, -0.15) is 0 Å². The largest absolute Gasteiger partial charge is 0.462 e. The molecule has 0 radical (unpaired) electrons. The number of hydrogen-bond acceptors (Lipinski definition) is 5. The number of carbonyl (C=O) groups is 2. The molecule has 376 valence electrons. The Morgan fingerprint density at radius 1 is 0.462 bits per heavy atom. The van der Waals surface area contributed by atoms with Crippen molar-refractivity contribution in [3.8, 4) is 0 Å². The number of esters is 1. The Bertz CT molecular complexity index is 1200. The Labute approximate surface area is 402 Å². The molecule has 65 heavy (non-hydrogen) atoms. The summed E-state index contributed by atoms with van der Waals surface area (Å²) in [4.78, 5) is 26.2. The molecule has 6 nitrogen and oxygen atoms in total. The van der Waals surface area contributed by atoms with E-state index in [0.29, 0.717) is 19.3 Å². The molecule has 0 bridgehead atoms. The van der Waals surface area contributed by atoms with Crippen LogP contribution in [0.25, 0.3) is 0 Å². The molecule has 0 aliphatic heterocycles. The molecule has 0 spiro atoms. The third-order valence-corrected chi connectivity index (χ3v) is 12.3. The van der Waals surface area contributed by atoms with Crippen LogP contribution in [0.5, 0.6) is 0 Å². The van der Waals surface area contributed by atoms with Gasteiger partial charge in [-0.1, -0.05) is 229 Å². The number of aliphatic hydroxyl groups excluding tert-OH is 2. The number of aliphatic hydroxyl groups is 2. The Balaban J connectivity index is 4.68. The number of ether oxygens (including phenoxy) is 1. The minimum atomic E-state index is -0.803. The average molecular weight is 908 g/mol. The zero-order valence-corrected chi connectivity index (χ0v) is 42.9. The Morgan fingerprint density at radius 3 is 1.32 bits per heavy atom. The van der Waals surface area contributed by atoms with E-state index in [2.05, 4.69) is 99.0 Å². The second-order valence-corrected chi connectivity index (χ2v) is 18.7. The second-order valence-electron chi connectivity index (χ2n) is 18.7. The van der Waals surface area contributed by atoms with E-state index in [1.54, 1.807) is 0 Å². The number of allylic oxidation sites excluding steroid dienone is 12. The standard InChI is InChI=1S/C59H105NO5/c1-4-7-10-13-16-19-22-24-26-28-29-30-32-34-37-40-43-46-49-52-59(64)65-55(50-47-44-41-38-36-33-31-27-25-23-20-17-14-11-8-5-2)53-58(63)60-56(54-61)57(62)51-48-45-42-39-35-21-18-15-12-9-6-3/h16,19,24,26-27,29-31,33-34,36-37,55-57,61-62H,4-15,17-18,20-23,25,28,32,35,38-54H2,1-3H3,(H,60,63)/b19-16-,26-24-,30-29-,31-27+,36-33+,37-34-. The van der Waals surface area contributed by atoms with E-state index in [1.807, 2.05) is 0 Å². The van der Waals surface area contributed by atoms with Crippen molar-refractivity contribution < 1.29 is 24.5 Å². The summed E-state index contributed by atoms with van der Waals surface area (Å²) < 4.78 is 5.92. The van der Waals surface area contributed by atoms with Gasteiger partial charge in [-0.15, -0.1) is 0 Å². The number of unbranched alkanes of at least 4 members (excludes halogenated alkanes) is 26. The predicted molar refractivity (Wildman–Crippen MR) is 282 cm³/mol. The van der Waals surface area contributed by atoms with Gasteiger partial charge in [0, 0.05) is 6.42 Å². The van der Waals surface area contributed by atoms with Crippen LogP contribution in [-0.2, 0) is 14.3 Å². The third-order valence-electron chi connectivity index (χ3n) is 12.3. The molecule has 0 aliphatic rings. The van der Waals surface area contributed by atoms with Gasteiger partial charge in [0.25, 0.3) is 0 Å². The topological polar surface area (TPSA) is 95.9 Å². The van der Waals surface area contributed by atoms with Crippen LogP contribution in [-0.4, -0.2) is 46.9 Å². The molecule has 3 atom stereocenters. The molecule has 0 saturated heterocycles. The van der Waals surface area contributed by atoms with Crippen molar-refractivity contribution in [2.24, 2.45) is 0 Å². The lowest BCUT2D eigenvalue weighted by Gasteiger charge is -2.24. The summed E-state index contributed by atoms with van der Waals surface area (Å²) >= 11 is 0. The molecule has 0 fully saturated rings. The van der Waals surface area contributed by atoms with E-state index in [1.165, 1.54) is 122 Å². The van der Waals surface area contributed by atoms with Crippen LogP contribution in [0.1, 0.15) is 265 Å². The Morgan fingerprint density at radius 2 is 0.831 bits per heavy atom. The molecule has 3 unspecified atom stereocenters. The fraction of sp³-hybridized carbons (Fsp3) is 0.763. The van der Waals surface area contributed by atoms with Gasteiger partial charge in [-0.3, -0.25) is 9.59 Å². The first-order valence-electron chi connectivity index (χ1n) is 27.7. The second kappa shape index (κ2) is 52.3. The monoisotopic (exact) mass is 908 g/mol. The van der Waals surface area contributed by atoms with E-state index < -0.39 is 18.2 Å². The molecule has 3 N–H and O–H groups in total. The summed E-state index contributed by atoms with van der Waals surface area (Å²) in [6.45, 7) is 6.44. The van der Waals surface area contributed by atoms with Crippen molar-refractivity contribution in [2.45, 2.75) is 283 Å². The first kappa shape index (κ1) is 62.3. The summed E-state index contributed by atoms with van der Waals surface area (Å²) in [5.41, 5.74) is 0. The van der Waals surface area contributed by atoms with Crippen molar-refractivity contribution in [3.63, 3.8) is 0 Å². The van der Waals surface area contributed by atoms with Crippen LogP contribution >= 0.6 is 0 Å². The van der Waals surface area contributed by atoms with E-state index in [-0.39, 0.29) is 24.9 Å². The van der Waals surface area contributed by atoms with E-state index >= 15 is 0 Å². The maximum absolute atomic E-state index is 13.2. The zero-order valence-electron chi connectivity index (χ0n) is 42.9. The van der Waals surface area contributed by atoms with Crippen LogP contribution in [0.3, 0.4) is 0 Å². The summed E-state index contributed by atoms with van der Waals surface area (Å²) in [6.07, 6.45) is 66.8. The number of rotatable bonds is 49. The lowest BCUT2D eigenvalue weighted by atomic mass is 10.0. The van der Waals surface area contributed by atoms with Crippen LogP contribution in [0, 0.1) is 0 Å². The fourth-order valence-electron chi connectivity index (χ4n) is 8.05. The molecule has 6 heteroatoms. The highest BCUT2D eigenvalue weighted by Gasteiger charge is 2.24. The lowest BCUT2D eigenvalue weighted by molar-refractivity contribution is -0.151. The highest BCUT2D eigenvalue weighted by molar-refractivity contribution is 5.77. The molecule has 0 aromatic carbocycles. The molecule has 0 aliphatic carbocycles. The van der Waals surface area contributed by atoms with Gasteiger partial charge < -0.3 is 20.3 Å². The van der Waals surface area contributed by atoms with Crippen LogP contribution in [0.4, 0.5) is 0 Å². The maximum Gasteiger partial charge on any atom is 0.306 e. The SMILES string of the molecule is CCCCC/C=C\C/C=C\C/C=C\C/C=C\CCCCCC(=O)OC(CCCCC/C=C/C=C/CCCCCCCCC)CC(=O)NC(CO)C(O)CCCCCCCCCCCCC. The smallest absolute Gasteiger partial charge is 0.306 e. The van der Waals surface area contributed by atoms with Gasteiger partial charge >= 0.3 is 5.97 Å². The maximum atomic E-state index is 13.2. The zero-order chi connectivity index (χ0) is 47.4. The summed E-state index contributed by atoms with van der Waals surface area (Å²) in [6, 6.07) is -0.719. The highest BCUT2D eigenvalue weighted by Crippen LogP contribution is 2.17. The molecule has 0 saturated carbocycles. The number of carbonyl (C=O) groups excluding carboxylic acids is 2. The van der Waals surface area contributed by atoms with Gasteiger partial charge in [0.05, 0.1) is 25.2 Å². The van der Waals surface area contributed by atoms with Gasteiger partial charge in [-0.25, -0.2) is 0 Å². The Hall–Kier alpha value is -2.70. The van der Waals surface area contributed by atoms with Crippen LogP contribution < -0.4 is 5.32 Å². The van der Waals surface area contributed by atoms with E-state index in [0.717, 1.165) is 96.3 Å². The summed E-state index contributed by atoms with van der Waals surface area (Å²) in [7, 11) is 0. The van der Waals surface area contributed by atoms with Crippen LogP contribution in [0.15, 0.2) is 72.9 Å². The van der Waals surface area contributed by atoms with Crippen molar-refractivity contribution in [3.05, 3.63) is 72.9 Å². The number of amides is 1. The minimum Gasteiger partial charge on any atom is -0.462 e. The summed E-state index contributed by atoms with van der Waals surface area (Å²) in [5, 5.41) is 23.8. The molecule has 0 aromatic rings.